The lowest BCUT2D eigenvalue weighted by molar-refractivity contribution is 0.569. The lowest BCUT2D eigenvalue weighted by Crippen LogP contribution is -2.17. The number of rotatable bonds is 4. The van der Waals surface area contributed by atoms with Crippen molar-refractivity contribution in [2.45, 2.75) is 71.6 Å². The number of para-hydroxylation sites is 1. The van der Waals surface area contributed by atoms with Crippen molar-refractivity contribution in [1.29, 1.82) is 0 Å². The number of hydrogen-bond donors (Lipinski definition) is 0. The Morgan fingerprint density at radius 2 is 1.16 bits per heavy atom. The van der Waals surface area contributed by atoms with Gasteiger partial charge in [0.05, 0.1) is 5.69 Å². The second-order valence-corrected chi connectivity index (χ2v) is 16.3. The minimum Gasteiger partial charge on any atom is -0.456 e. The molecule has 49 heavy (non-hydrogen) atoms. The fourth-order valence-corrected chi connectivity index (χ4v) is 7.85. The van der Waals surface area contributed by atoms with Crippen LogP contribution in [0.1, 0.15) is 77.6 Å². The van der Waals surface area contributed by atoms with Crippen LogP contribution in [0.2, 0.25) is 0 Å². The number of hydrogen-bond acceptors (Lipinski definition) is 2. The molecule has 7 aromatic rings. The zero-order valence-electron chi connectivity index (χ0n) is 30.0. The summed E-state index contributed by atoms with van der Waals surface area (Å²) >= 11 is 0. The molecule has 1 aromatic heterocycles. The summed E-state index contributed by atoms with van der Waals surface area (Å²) in [6.07, 6.45) is 0. The summed E-state index contributed by atoms with van der Waals surface area (Å²) in [6.45, 7) is 18.4. The Morgan fingerprint density at radius 3 is 1.90 bits per heavy atom. The van der Waals surface area contributed by atoms with E-state index in [1.54, 1.807) is 0 Å². The standard InChI is InChI=1S/C47H45NO/c1-45(2,3)31-26-40(46(4,5)6)44-37-25-23-33(29-42(37)49-43(44)27-31)48(41-21-15-13-18-34(41)30-16-10-9-11-17-30)32-22-24-36-35-19-12-14-20-38(35)47(7,8)39(36)28-32/h9-29H,1-8H3. The van der Waals surface area contributed by atoms with Crippen LogP contribution in [0.25, 0.3) is 44.2 Å². The third kappa shape index (κ3) is 5.08. The quantitative estimate of drug-likeness (QED) is 0.191. The summed E-state index contributed by atoms with van der Waals surface area (Å²) in [7, 11) is 0. The van der Waals surface area contributed by atoms with Crippen molar-refractivity contribution in [1.82, 2.24) is 0 Å². The Morgan fingerprint density at radius 1 is 0.531 bits per heavy atom. The Bertz CT molecular complexity index is 2380. The molecule has 0 fully saturated rings. The number of anilines is 3. The summed E-state index contributed by atoms with van der Waals surface area (Å²) in [5.41, 5.74) is 15.4. The van der Waals surface area contributed by atoms with Gasteiger partial charge in [-0.3, -0.25) is 0 Å². The average Bonchev–Trinajstić information content (AvgIpc) is 3.56. The molecule has 0 aliphatic heterocycles. The largest absolute Gasteiger partial charge is 0.456 e. The van der Waals surface area contributed by atoms with Crippen molar-refractivity contribution in [2.75, 3.05) is 4.90 Å². The van der Waals surface area contributed by atoms with Gasteiger partial charge in [0, 0.05) is 39.2 Å². The van der Waals surface area contributed by atoms with Gasteiger partial charge in [0.2, 0.25) is 0 Å². The lowest BCUT2D eigenvalue weighted by Gasteiger charge is -2.29. The van der Waals surface area contributed by atoms with Gasteiger partial charge in [0.15, 0.2) is 0 Å². The van der Waals surface area contributed by atoms with Crippen molar-refractivity contribution in [3.8, 4) is 22.3 Å². The van der Waals surface area contributed by atoms with Gasteiger partial charge in [-0.25, -0.2) is 0 Å². The highest BCUT2D eigenvalue weighted by atomic mass is 16.3. The van der Waals surface area contributed by atoms with Gasteiger partial charge in [0.1, 0.15) is 11.2 Å². The van der Waals surface area contributed by atoms with E-state index in [0.29, 0.717) is 0 Å². The van der Waals surface area contributed by atoms with E-state index >= 15 is 0 Å². The molecule has 0 N–H and O–H groups in total. The van der Waals surface area contributed by atoms with Crippen LogP contribution in [0.15, 0.2) is 132 Å². The van der Waals surface area contributed by atoms with Gasteiger partial charge in [0.25, 0.3) is 0 Å². The van der Waals surface area contributed by atoms with Crippen molar-refractivity contribution < 1.29 is 4.42 Å². The number of furan rings is 1. The predicted molar refractivity (Wildman–Crippen MR) is 209 cm³/mol. The molecule has 0 radical (unpaired) electrons. The summed E-state index contributed by atoms with van der Waals surface area (Å²) in [5.74, 6) is 0. The van der Waals surface area contributed by atoms with Crippen LogP contribution in [0, 0.1) is 0 Å². The third-order valence-electron chi connectivity index (χ3n) is 10.5. The molecule has 0 unspecified atom stereocenters. The monoisotopic (exact) mass is 639 g/mol. The molecule has 2 heteroatoms. The SMILES string of the molecule is CC(C)(C)c1cc(C(C)(C)C)c2c(c1)oc1cc(N(c3ccc4c(c3)C(C)(C)c3ccccc3-4)c3ccccc3-c3ccccc3)ccc12. The van der Waals surface area contributed by atoms with E-state index < -0.39 is 0 Å². The first-order valence-electron chi connectivity index (χ1n) is 17.5. The molecule has 6 aromatic carbocycles. The van der Waals surface area contributed by atoms with E-state index in [0.717, 1.165) is 33.6 Å². The summed E-state index contributed by atoms with van der Waals surface area (Å²) in [6, 6.07) is 46.8. The molecule has 0 atom stereocenters. The normalized spacial score (nSPS) is 13.9. The third-order valence-corrected chi connectivity index (χ3v) is 10.5. The Balaban J connectivity index is 1.38. The Labute approximate surface area is 291 Å². The van der Waals surface area contributed by atoms with E-state index in [2.05, 4.69) is 188 Å². The summed E-state index contributed by atoms with van der Waals surface area (Å²) in [5, 5.41) is 2.38. The summed E-state index contributed by atoms with van der Waals surface area (Å²) in [4.78, 5) is 2.42. The van der Waals surface area contributed by atoms with Crippen LogP contribution in [-0.4, -0.2) is 0 Å². The zero-order valence-corrected chi connectivity index (χ0v) is 30.0. The molecule has 244 valence electrons. The smallest absolute Gasteiger partial charge is 0.137 e. The molecule has 0 saturated heterocycles. The Kier molecular flexibility index (Phi) is 6.99. The van der Waals surface area contributed by atoms with E-state index in [1.165, 1.54) is 49.9 Å². The van der Waals surface area contributed by atoms with E-state index in [1.807, 2.05) is 0 Å². The van der Waals surface area contributed by atoms with Gasteiger partial charge >= 0.3 is 0 Å². The predicted octanol–water partition coefficient (Wildman–Crippen LogP) is 13.6. The van der Waals surface area contributed by atoms with Gasteiger partial charge in [-0.05, 0) is 86.2 Å². The van der Waals surface area contributed by atoms with Gasteiger partial charge < -0.3 is 9.32 Å². The molecule has 1 aliphatic rings. The molecule has 2 nitrogen and oxygen atoms in total. The Hall–Kier alpha value is -5.08. The fraction of sp³-hybridized carbons (Fsp3) is 0.234. The second-order valence-electron chi connectivity index (χ2n) is 16.3. The molecule has 8 rings (SSSR count). The average molecular weight is 640 g/mol. The van der Waals surface area contributed by atoms with Crippen LogP contribution < -0.4 is 4.90 Å². The number of fused-ring (bicyclic) bond motifs is 6. The topological polar surface area (TPSA) is 16.4 Å². The highest BCUT2D eigenvalue weighted by Gasteiger charge is 2.36. The maximum Gasteiger partial charge on any atom is 0.137 e. The van der Waals surface area contributed by atoms with Crippen LogP contribution in [0.5, 0.6) is 0 Å². The van der Waals surface area contributed by atoms with E-state index in [4.69, 9.17) is 4.42 Å². The van der Waals surface area contributed by atoms with Gasteiger partial charge in [-0.15, -0.1) is 0 Å². The number of nitrogens with zero attached hydrogens (tertiary/aromatic N) is 1. The first kappa shape index (κ1) is 31.2. The molecular weight excluding hydrogens is 595 g/mol. The maximum absolute atomic E-state index is 6.82. The molecule has 0 bridgehead atoms. The fourth-order valence-electron chi connectivity index (χ4n) is 7.85. The van der Waals surface area contributed by atoms with Crippen molar-refractivity contribution in [3.63, 3.8) is 0 Å². The van der Waals surface area contributed by atoms with Crippen molar-refractivity contribution in [3.05, 3.63) is 150 Å². The highest BCUT2D eigenvalue weighted by Crippen LogP contribution is 2.51. The lowest BCUT2D eigenvalue weighted by atomic mass is 9.79. The van der Waals surface area contributed by atoms with Crippen LogP contribution >= 0.6 is 0 Å². The first-order chi connectivity index (χ1) is 23.3. The molecule has 1 heterocycles. The highest BCUT2D eigenvalue weighted by molar-refractivity contribution is 6.09. The molecule has 0 saturated carbocycles. The summed E-state index contributed by atoms with van der Waals surface area (Å²) < 4.78 is 6.82. The molecule has 0 amide bonds. The zero-order chi connectivity index (χ0) is 34.3. The molecule has 1 aliphatic carbocycles. The van der Waals surface area contributed by atoms with Crippen molar-refractivity contribution in [2.24, 2.45) is 0 Å². The van der Waals surface area contributed by atoms with Crippen LogP contribution in [-0.2, 0) is 16.2 Å². The van der Waals surface area contributed by atoms with E-state index in [-0.39, 0.29) is 16.2 Å². The minimum atomic E-state index is -0.108. The number of benzene rings is 6. The second kappa shape index (κ2) is 11.0. The minimum absolute atomic E-state index is 0.0112. The van der Waals surface area contributed by atoms with Crippen LogP contribution in [0.4, 0.5) is 17.1 Å². The van der Waals surface area contributed by atoms with E-state index in [9.17, 15) is 0 Å². The maximum atomic E-state index is 6.82. The van der Waals surface area contributed by atoms with Gasteiger partial charge in [-0.1, -0.05) is 140 Å². The molecular formula is C47H45NO. The first-order valence-corrected chi connectivity index (χ1v) is 17.5. The van der Waals surface area contributed by atoms with Gasteiger partial charge in [-0.2, -0.15) is 0 Å². The molecule has 0 spiro atoms. The van der Waals surface area contributed by atoms with Crippen LogP contribution in [0.3, 0.4) is 0 Å². The van der Waals surface area contributed by atoms with Crippen molar-refractivity contribution >= 4 is 39.0 Å².